The topological polar surface area (TPSA) is 20.3 Å². The van der Waals surface area contributed by atoms with Crippen LogP contribution < -0.4 is 0 Å². The molecule has 0 aromatic heterocycles. The summed E-state index contributed by atoms with van der Waals surface area (Å²) in [6.07, 6.45) is 2.02. The van der Waals surface area contributed by atoms with Gasteiger partial charge in [-0.15, -0.1) is 11.8 Å². The Bertz CT molecular complexity index is 491. The summed E-state index contributed by atoms with van der Waals surface area (Å²) in [5.41, 5.74) is 0.635. The maximum absolute atomic E-state index is 13.3. The monoisotopic (exact) mass is 299 g/mol. The summed E-state index contributed by atoms with van der Waals surface area (Å²) >= 11 is 1.65. The fourth-order valence-electron chi connectivity index (χ4n) is 2.57. The number of hydrogen-bond donors (Lipinski definition) is 0. The number of rotatable bonds is 5. The molecule has 1 heterocycles. The van der Waals surface area contributed by atoms with Gasteiger partial charge in [-0.05, 0) is 23.6 Å². The lowest BCUT2D eigenvalue weighted by Crippen LogP contribution is -2.36. The second kappa shape index (κ2) is 6.57. The average molecular weight is 299 g/mol. The van der Waals surface area contributed by atoms with Gasteiger partial charge in [-0.3, -0.25) is 4.79 Å². The van der Waals surface area contributed by atoms with Crippen molar-refractivity contribution < 1.29 is 13.6 Å². The van der Waals surface area contributed by atoms with Gasteiger partial charge in [0, 0.05) is 6.54 Å². The van der Waals surface area contributed by atoms with Crippen molar-refractivity contribution in [2.75, 3.05) is 5.75 Å². The van der Waals surface area contributed by atoms with Crippen LogP contribution in [-0.4, -0.2) is 21.9 Å². The number of benzene rings is 1. The van der Waals surface area contributed by atoms with Crippen molar-refractivity contribution in [1.82, 2.24) is 4.90 Å². The predicted octanol–water partition coefficient (Wildman–Crippen LogP) is 3.80. The number of hydrogen-bond acceptors (Lipinski definition) is 2. The summed E-state index contributed by atoms with van der Waals surface area (Å²) in [5, 5.41) is 0.144. The van der Waals surface area contributed by atoms with Crippen LogP contribution >= 0.6 is 11.8 Å². The van der Waals surface area contributed by atoms with Crippen molar-refractivity contribution in [2.24, 2.45) is 5.92 Å². The third-order valence-electron chi connectivity index (χ3n) is 3.79. The zero-order chi connectivity index (χ0) is 14.7. The van der Waals surface area contributed by atoms with E-state index in [0.29, 0.717) is 23.8 Å². The highest BCUT2D eigenvalue weighted by atomic mass is 32.2. The number of nitrogens with zero attached hydrogens (tertiary/aromatic N) is 1. The highest BCUT2D eigenvalue weighted by Gasteiger charge is 2.35. The molecule has 0 saturated carbocycles. The molecular formula is C15H19F2NOS. The summed E-state index contributed by atoms with van der Waals surface area (Å²) in [6.45, 7) is 4.59. The molecule has 1 fully saturated rings. The molecule has 0 N–H and O–H groups in total. The molecule has 1 atom stereocenters. The van der Waals surface area contributed by atoms with Gasteiger partial charge in [0.25, 0.3) is 0 Å². The van der Waals surface area contributed by atoms with Gasteiger partial charge in [-0.1, -0.05) is 32.8 Å². The van der Waals surface area contributed by atoms with Crippen molar-refractivity contribution >= 4 is 17.7 Å². The summed E-state index contributed by atoms with van der Waals surface area (Å²) in [7, 11) is 0. The van der Waals surface area contributed by atoms with Gasteiger partial charge in [0.2, 0.25) is 5.91 Å². The fraction of sp³-hybridized carbons (Fsp3) is 0.533. The zero-order valence-corrected chi connectivity index (χ0v) is 12.6. The lowest BCUT2D eigenvalue weighted by Gasteiger charge is -2.29. The lowest BCUT2D eigenvalue weighted by molar-refractivity contribution is -0.129. The van der Waals surface area contributed by atoms with Crippen molar-refractivity contribution in [3.63, 3.8) is 0 Å². The number of thioether (sulfide) groups is 1. The third kappa shape index (κ3) is 3.14. The smallest absolute Gasteiger partial charge is 0.233 e. The standard InChI is InChI=1S/C15H19F2NOS/c1-3-11(4-2)15-18(14(19)9-20-15)8-10-5-6-12(16)13(17)7-10/h5-7,11,15H,3-4,8-9H2,1-2H3. The normalized spacial score (nSPS) is 19.1. The Morgan fingerprint density at radius 1 is 1.30 bits per heavy atom. The second-order valence-corrected chi connectivity index (χ2v) is 6.15. The van der Waals surface area contributed by atoms with E-state index < -0.39 is 11.6 Å². The molecule has 5 heteroatoms. The summed E-state index contributed by atoms with van der Waals surface area (Å²) in [5.74, 6) is -0.716. The van der Waals surface area contributed by atoms with E-state index in [-0.39, 0.29) is 11.3 Å². The van der Waals surface area contributed by atoms with Gasteiger partial charge >= 0.3 is 0 Å². The maximum atomic E-state index is 13.3. The molecule has 1 amide bonds. The van der Waals surface area contributed by atoms with E-state index in [1.807, 2.05) is 0 Å². The van der Waals surface area contributed by atoms with Crippen LogP contribution in [0.1, 0.15) is 32.3 Å². The highest BCUT2D eigenvalue weighted by Crippen LogP contribution is 2.35. The largest absolute Gasteiger partial charge is 0.325 e. The first-order valence-electron chi connectivity index (χ1n) is 6.91. The van der Waals surface area contributed by atoms with Crippen molar-refractivity contribution in [2.45, 2.75) is 38.6 Å². The van der Waals surface area contributed by atoms with E-state index in [1.54, 1.807) is 22.7 Å². The molecular weight excluding hydrogens is 280 g/mol. The summed E-state index contributed by atoms with van der Waals surface area (Å²) in [4.78, 5) is 13.8. The Morgan fingerprint density at radius 3 is 2.60 bits per heavy atom. The van der Waals surface area contributed by atoms with Crippen LogP contribution in [-0.2, 0) is 11.3 Å². The summed E-state index contributed by atoms with van der Waals surface area (Å²) < 4.78 is 26.2. The second-order valence-electron chi connectivity index (χ2n) is 5.05. The lowest BCUT2D eigenvalue weighted by atomic mass is 10.0. The molecule has 1 unspecified atom stereocenters. The number of amides is 1. The van der Waals surface area contributed by atoms with Crippen LogP contribution in [0, 0.1) is 17.6 Å². The minimum Gasteiger partial charge on any atom is -0.325 e. The first-order chi connectivity index (χ1) is 9.56. The maximum Gasteiger partial charge on any atom is 0.233 e. The average Bonchev–Trinajstić information content (AvgIpc) is 2.78. The van der Waals surface area contributed by atoms with Gasteiger partial charge in [-0.2, -0.15) is 0 Å². The van der Waals surface area contributed by atoms with Crippen LogP contribution in [0.15, 0.2) is 18.2 Å². The quantitative estimate of drug-likeness (QED) is 0.824. The highest BCUT2D eigenvalue weighted by molar-refractivity contribution is 8.01. The molecule has 1 aromatic carbocycles. The Kier molecular flexibility index (Phi) is 5.02. The first-order valence-corrected chi connectivity index (χ1v) is 7.96. The molecule has 110 valence electrons. The third-order valence-corrected chi connectivity index (χ3v) is 5.19. The van der Waals surface area contributed by atoms with Gasteiger partial charge in [0.05, 0.1) is 11.1 Å². The van der Waals surface area contributed by atoms with Gasteiger partial charge in [-0.25, -0.2) is 8.78 Å². The van der Waals surface area contributed by atoms with E-state index in [2.05, 4.69) is 13.8 Å². The molecule has 0 radical (unpaired) electrons. The Hall–Kier alpha value is -1.10. The fourth-order valence-corrected chi connectivity index (χ4v) is 4.08. The minimum atomic E-state index is -0.860. The molecule has 20 heavy (non-hydrogen) atoms. The van der Waals surface area contributed by atoms with Crippen LogP contribution in [0.25, 0.3) is 0 Å². The minimum absolute atomic E-state index is 0.0802. The van der Waals surface area contributed by atoms with E-state index in [4.69, 9.17) is 0 Å². The molecule has 2 nitrogen and oxygen atoms in total. The number of carbonyl (C=O) groups is 1. The van der Waals surface area contributed by atoms with Crippen molar-refractivity contribution in [3.05, 3.63) is 35.4 Å². The van der Waals surface area contributed by atoms with Gasteiger partial charge < -0.3 is 4.90 Å². The molecule has 1 saturated heterocycles. The number of halogens is 2. The van der Waals surface area contributed by atoms with Crippen molar-refractivity contribution in [3.8, 4) is 0 Å². The van der Waals surface area contributed by atoms with Crippen LogP contribution in [0.5, 0.6) is 0 Å². The van der Waals surface area contributed by atoms with E-state index in [0.717, 1.165) is 18.9 Å². The Labute approximate surface area is 122 Å². The SMILES string of the molecule is CCC(CC)C1SCC(=O)N1Cc1ccc(F)c(F)c1. The molecule has 0 spiro atoms. The van der Waals surface area contributed by atoms with Gasteiger partial charge in [0.15, 0.2) is 11.6 Å². The van der Waals surface area contributed by atoms with E-state index >= 15 is 0 Å². The van der Waals surface area contributed by atoms with Gasteiger partial charge in [0.1, 0.15) is 0 Å². The molecule has 1 aliphatic rings. The Morgan fingerprint density at radius 2 is 2.00 bits per heavy atom. The van der Waals surface area contributed by atoms with E-state index in [9.17, 15) is 13.6 Å². The van der Waals surface area contributed by atoms with Crippen LogP contribution in [0.3, 0.4) is 0 Å². The first kappa shape index (κ1) is 15.3. The van der Waals surface area contributed by atoms with Crippen LogP contribution in [0.4, 0.5) is 8.78 Å². The predicted molar refractivity (Wildman–Crippen MR) is 77.2 cm³/mol. The Balaban J connectivity index is 2.16. The van der Waals surface area contributed by atoms with Crippen molar-refractivity contribution in [1.29, 1.82) is 0 Å². The zero-order valence-electron chi connectivity index (χ0n) is 11.7. The molecule has 0 bridgehead atoms. The van der Waals surface area contributed by atoms with Crippen LogP contribution in [0.2, 0.25) is 0 Å². The molecule has 2 rings (SSSR count). The molecule has 0 aliphatic carbocycles. The summed E-state index contributed by atoms with van der Waals surface area (Å²) in [6, 6.07) is 3.83. The number of carbonyl (C=O) groups excluding carboxylic acids is 1. The molecule has 1 aromatic rings. The van der Waals surface area contributed by atoms with E-state index in [1.165, 1.54) is 6.07 Å². The molecule has 1 aliphatic heterocycles.